The molecule has 3 aromatic rings. The molecule has 0 saturated carbocycles. The van der Waals surface area contributed by atoms with E-state index in [0.29, 0.717) is 5.75 Å². The molecule has 0 spiro atoms. The molecule has 2 aromatic carbocycles. The Morgan fingerprint density at radius 3 is 2.65 bits per heavy atom. The summed E-state index contributed by atoms with van der Waals surface area (Å²) in [5.74, 6) is 1.96. The molecule has 0 radical (unpaired) electrons. The maximum absolute atomic E-state index is 10.9. The van der Waals surface area contributed by atoms with Gasteiger partial charge in [0.25, 0.3) is 0 Å². The number of nitrogens with one attached hydrogen (secondary N) is 2. The van der Waals surface area contributed by atoms with Crippen molar-refractivity contribution in [2.45, 2.75) is 19.3 Å². The highest BCUT2D eigenvalue weighted by atomic mass is 16.5. The van der Waals surface area contributed by atoms with Crippen LogP contribution in [0.4, 0.5) is 4.79 Å². The number of ether oxygens (including phenoxy) is 1. The van der Waals surface area contributed by atoms with E-state index >= 15 is 0 Å². The van der Waals surface area contributed by atoms with Crippen LogP contribution in [0.1, 0.15) is 18.4 Å². The van der Waals surface area contributed by atoms with E-state index in [9.17, 15) is 4.79 Å². The van der Waals surface area contributed by atoms with Crippen molar-refractivity contribution in [2.24, 2.45) is 11.7 Å². The van der Waals surface area contributed by atoms with Gasteiger partial charge in [0.15, 0.2) is 0 Å². The van der Waals surface area contributed by atoms with Gasteiger partial charge in [-0.3, -0.25) is 0 Å². The van der Waals surface area contributed by atoms with Crippen molar-refractivity contribution in [3.05, 3.63) is 48.0 Å². The molecule has 1 aliphatic heterocycles. The van der Waals surface area contributed by atoms with Gasteiger partial charge in [0.1, 0.15) is 11.6 Å². The summed E-state index contributed by atoms with van der Waals surface area (Å²) < 4.78 is 4.91. The molecule has 0 unspecified atom stereocenters. The molecular formula is C20H22N4O2. The highest BCUT2D eigenvalue weighted by Gasteiger charge is 2.14. The van der Waals surface area contributed by atoms with E-state index in [4.69, 9.17) is 10.5 Å². The van der Waals surface area contributed by atoms with Crippen LogP contribution in [0.5, 0.6) is 5.75 Å². The summed E-state index contributed by atoms with van der Waals surface area (Å²) in [6.07, 6.45) is 2.81. The van der Waals surface area contributed by atoms with Crippen molar-refractivity contribution >= 4 is 17.1 Å². The number of hydrogen-bond donors (Lipinski definition) is 3. The molecule has 0 atom stereocenters. The Bertz CT molecular complexity index is 911. The number of hydrogen-bond acceptors (Lipinski definition) is 4. The molecule has 4 N–H and O–H groups in total. The second kappa shape index (κ2) is 7.17. The van der Waals surface area contributed by atoms with Crippen LogP contribution in [-0.2, 0) is 6.42 Å². The third kappa shape index (κ3) is 3.70. The summed E-state index contributed by atoms with van der Waals surface area (Å²) in [7, 11) is 0. The van der Waals surface area contributed by atoms with Crippen LogP contribution in [-0.4, -0.2) is 29.2 Å². The van der Waals surface area contributed by atoms with Crippen molar-refractivity contribution in [3.8, 4) is 17.1 Å². The highest BCUT2D eigenvalue weighted by Crippen LogP contribution is 2.25. The second-order valence-electron chi connectivity index (χ2n) is 6.78. The molecule has 0 bridgehead atoms. The van der Waals surface area contributed by atoms with Gasteiger partial charge in [-0.2, -0.15) is 0 Å². The van der Waals surface area contributed by atoms with E-state index in [0.717, 1.165) is 47.8 Å². The topological polar surface area (TPSA) is 93.0 Å². The third-order valence-corrected chi connectivity index (χ3v) is 4.88. The zero-order chi connectivity index (χ0) is 17.9. The van der Waals surface area contributed by atoms with Gasteiger partial charge in [-0.15, -0.1) is 0 Å². The molecule has 6 heteroatoms. The van der Waals surface area contributed by atoms with Crippen LogP contribution in [0.25, 0.3) is 22.4 Å². The summed E-state index contributed by atoms with van der Waals surface area (Å²) in [6.45, 7) is 2.26. The fourth-order valence-electron chi connectivity index (χ4n) is 3.52. The zero-order valence-electron chi connectivity index (χ0n) is 14.5. The molecule has 1 fully saturated rings. The van der Waals surface area contributed by atoms with E-state index in [-0.39, 0.29) is 0 Å². The first-order valence-electron chi connectivity index (χ1n) is 8.94. The SMILES string of the molecule is NC(=O)Oc1ccc2[nH]c(-c3ccc(CC4CCNCC4)cc3)nc2c1. The molecule has 1 saturated heterocycles. The number of rotatable bonds is 4. The predicted octanol–water partition coefficient (Wildman–Crippen LogP) is 3.23. The van der Waals surface area contributed by atoms with E-state index < -0.39 is 6.09 Å². The number of nitrogens with two attached hydrogens (primary N) is 1. The number of nitrogens with zero attached hydrogens (tertiary/aromatic N) is 1. The average Bonchev–Trinajstić information content (AvgIpc) is 3.06. The lowest BCUT2D eigenvalue weighted by atomic mass is 9.91. The number of piperidine rings is 1. The van der Waals surface area contributed by atoms with Crippen LogP contribution < -0.4 is 15.8 Å². The predicted molar refractivity (Wildman–Crippen MR) is 101 cm³/mol. The van der Waals surface area contributed by atoms with Crippen molar-refractivity contribution in [1.29, 1.82) is 0 Å². The van der Waals surface area contributed by atoms with Gasteiger partial charge in [0.05, 0.1) is 11.0 Å². The first kappa shape index (κ1) is 16.6. The number of H-pyrrole nitrogens is 1. The molecule has 0 aliphatic carbocycles. The number of benzene rings is 2. The van der Waals surface area contributed by atoms with Gasteiger partial charge in [-0.05, 0) is 56.0 Å². The molecule has 1 amide bonds. The number of imidazole rings is 1. The van der Waals surface area contributed by atoms with E-state index in [1.54, 1.807) is 12.1 Å². The lowest BCUT2D eigenvalue weighted by Crippen LogP contribution is -2.28. The molecule has 26 heavy (non-hydrogen) atoms. The van der Waals surface area contributed by atoms with Crippen molar-refractivity contribution in [1.82, 2.24) is 15.3 Å². The minimum Gasteiger partial charge on any atom is -0.410 e. The number of carbonyl (C=O) groups is 1. The van der Waals surface area contributed by atoms with Crippen molar-refractivity contribution in [3.63, 3.8) is 0 Å². The summed E-state index contributed by atoms with van der Waals surface area (Å²) >= 11 is 0. The van der Waals surface area contributed by atoms with Gasteiger partial charge in [0.2, 0.25) is 0 Å². The molecule has 2 heterocycles. The first-order valence-corrected chi connectivity index (χ1v) is 8.94. The smallest absolute Gasteiger partial charge is 0.409 e. The Labute approximate surface area is 151 Å². The van der Waals surface area contributed by atoms with Crippen LogP contribution >= 0.6 is 0 Å². The summed E-state index contributed by atoms with van der Waals surface area (Å²) in [6, 6.07) is 13.8. The van der Waals surface area contributed by atoms with E-state index in [1.165, 1.54) is 18.4 Å². The Morgan fingerprint density at radius 2 is 1.92 bits per heavy atom. The summed E-state index contributed by atoms with van der Waals surface area (Å²) in [4.78, 5) is 18.8. The average molecular weight is 350 g/mol. The molecule has 1 aromatic heterocycles. The van der Waals surface area contributed by atoms with Crippen LogP contribution in [0.2, 0.25) is 0 Å². The highest BCUT2D eigenvalue weighted by molar-refractivity contribution is 5.81. The maximum Gasteiger partial charge on any atom is 0.409 e. The maximum atomic E-state index is 10.9. The number of primary amides is 1. The van der Waals surface area contributed by atoms with Crippen molar-refractivity contribution < 1.29 is 9.53 Å². The molecule has 4 rings (SSSR count). The van der Waals surface area contributed by atoms with Crippen molar-refractivity contribution in [2.75, 3.05) is 13.1 Å². The largest absolute Gasteiger partial charge is 0.410 e. The van der Waals surface area contributed by atoms with Crippen LogP contribution in [0, 0.1) is 5.92 Å². The number of amides is 1. The fourth-order valence-corrected chi connectivity index (χ4v) is 3.52. The van der Waals surface area contributed by atoms with Gasteiger partial charge < -0.3 is 20.8 Å². The van der Waals surface area contributed by atoms with Crippen LogP contribution in [0.15, 0.2) is 42.5 Å². The lowest BCUT2D eigenvalue weighted by molar-refractivity contribution is 0.211. The molecule has 6 nitrogen and oxygen atoms in total. The molecule has 1 aliphatic rings. The van der Waals surface area contributed by atoms with E-state index in [1.807, 2.05) is 6.07 Å². The zero-order valence-corrected chi connectivity index (χ0v) is 14.5. The van der Waals surface area contributed by atoms with Gasteiger partial charge >= 0.3 is 6.09 Å². The standard InChI is InChI=1S/C20H22N4O2/c21-20(25)26-16-5-6-17-18(12-16)24-19(23-17)15-3-1-13(2-4-15)11-14-7-9-22-10-8-14/h1-6,12,14,22H,7-11H2,(H2,21,25)(H,23,24). The number of aromatic amines is 1. The Kier molecular flexibility index (Phi) is 4.58. The minimum atomic E-state index is -0.829. The van der Waals surface area contributed by atoms with Gasteiger partial charge in [-0.25, -0.2) is 9.78 Å². The van der Waals surface area contributed by atoms with Crippen LogP contribution in [0.3, 0.4) is 0 Å². The normalized spacial score (nSPS) is 15.2. The van der Waals surface area contributed by atoms with Gasteiger partial charge in [0, 0.05) is 11.6 Å². The van der Waals surface area contributed by atoms with E-state index in [2.05, 4.69) is 39.6 Å². The molecule has 134 valence electrons. The Morgan fingerprint density at radius 1 is 1.15 bits per heavy atom. The number of carbonyl (C=O) groups excluding carboxylic acids is 1. The summed E-state index contributed by atoms with van der Waals surface area (Å²) in [5.41, 5.74) is 9.08. The lowest BCUT2D eigenvalue weighted by Gasteiger charge is -2.22. The molecular weight excluding hydrogens is 328 g/mol. The first-order chi connectivity index (χ1) is 12.7. The minimum absolute atomic E-state index is 0.389. The second-order valence-corrected chi connectivity index (χ2v) is 6.78. The quantitative estimate of drug-likeness (QED) is 0.673. The Balaban J connectivity index is 1.52. The fraction of sp³-hybridized carbons (Fsp3) is 0.300. The number of aromatic nitrogens is 2. The summed E-state index contributed by atoms with van der Waals surface area (Å²) in [5, 5.41) is 3.41. The Hall–Kier alpha value is -2.86. The number of fused-ring (bicyclic) bond motifs is 1. The van der Waals surface area contributed by atoms with Gasteiger partial charge in [-0.1, -0.05) is 24.3 Å². The monoisotopic (exact) mass is 350 g/mol. The third-order valence-electron chi connectivity index (χ3n) is 4.88.